The molecule has 3 heterocycles. The third kappa shape index (κ3) is 2.15. The van der Waals surface area contributed by atoms with Gasteiger partial charge in [0.1, 0.15) is 5.82 Å². The number of aryl methyl sites for hydroxylation is 1. The van der Waals surface area contributed by atoms with Gasteiger partial charge in [0.05, 0.1) is 11.1 Å². The van der Waals surface area contributed by atoms with Crippen LogP contribution in [0, 0.1) is 0 Å². The summed E-state index contributed by atoms with van der Waals surface area (Å²) in [4.78, 5) is 21.9. The zero-order chi connectivity index (χ0) is 17.7. The molecule has 0 saturated heterocycles. The summed E-state index contributed by atoms with van der Waals surface area (Å²) in [6, 6.07) is 15.7. The zero-order valence-electron chi connectivity index (χ0n) is 14.3. The van der Waals surface area contributed by atoms with Crippen molar-refractivity contribution < 1.29 is 4.79 Å². The molecule has 0 saturated carbocycles. The normalized spacial score (nSPS) is 14.0. The second kappa shape index (κ2) is 5.56. The quantitative estimate of drug-likeness (QED) is 0.578. The van der Waals surface area contributed by atoms with Crippen LogP contribution in [0.15, 0.2) is 59.7 Å². The molecule has 0 aliphatic carbocycles. The van der Waals surface area contributed by atoms with E-state index in [1.807, 2.05) is 70.9 Å². The number of amides is 1. The summed E-state index contributed by atoms with van der Waals surface area (Å²) < 4.78 is 3.93. The number of nitrogens with one attached hydrogen (secondary N) is 1. The van der Waals surface area contributed by atoms with Gasteiger partial charge in [-0.15, -0.1) is 0 Å². The van der Waals surface area contributed by atoms with Crippen molar-refractivity contribution in [3.63, 3.8) is 0 Å². The minimum absolute atomic E-state index is 0.272. The van der Waals surface area contributed by atoms with Crippen molar-refractivity contribution in [3.05, 3.63) is 65.9 Å². The van der Waals surface area contributed by atoms with Crippen LogP contribution >= 0.6 is 0 Å². The van der Waals surface area contributed by atoms with Gasteiger partial charge in [-0.3, -0.25) is 9.36 Å². The molecule has 6 nitrogen and oxygen atoms in total. The summed E-state index contributed by atoms with van der Waals surface area (Å²) in [5.41, 5.74) is 2.88. The average molecular weight is 343 g/mol. The van der Waals surface area contributed by atoms with Crippen LogP contribution in [0.3, 0.4) is 0 Å². The molecule has 26 heavy (non-hydrogen) atoms. The molecule has 0 fully saturated rings. The minimum Gasteiger partial charge on any atom is -0.369 e. The van der Waals surface area contributed by atoms with E-state index in [0.29, 0.717) is 11.2 Å². The molecule has 5 rings (SSSR count). The van der Waals surface area contributed by atoms with Crippen LogP contribution in [0.25, 0.3) is 21.8 Å². The highest BCUT2D eigenvalue weighted by Gasteiger charge is 2.17. The molecule has 0 radical (unpaired) electrons. The fourth-order valence-corrected chi connectivity index (χ4v) is 3.62. The van der Waals surface area contributed by atoms with Crippen LogP contribution in [0.2, 0.25) is 0 Å². The van der Waals surface area contributed by atoms with E-state index in [1.54, 1.807) is 0 Å². The lowest BCUT2D eigenvalue weighted by atomic mass is 10.2. The Bertz CT molecular complexity index is 1250. The van der Waals surface area contributed by atoms with Crippen molar-refractivity contribution in [3.8, 4) is 0 Å². The Morgan fingerprint density at radius 3 is 2.77 bits per heavy atom. The van der Waals surface area contributed by atoms with Crippen LogP contribution in [0.5, 0.6) is 0 Å². The van der Waals surface area contributed by atoms with E-state index in [-0.39, 0.29) is 5.91 Å². The number of hydrogen-bond acceptors (Lipinski definition) is 3. The van der Waals surface area contributed by atoms with Crippen molar-refractivity contribution in [2.24, 2.45) is 12.0 Å². The second-order valence-electron chi connectivity index (χ2n) is 6.44. The van der Waals surface area contributed by atoms with Crippen molar-refractivity contribution in [2.45, 2.75) is 6.54 Å². The number of carbonyl (C=O) groups excluding carboxylic acids is 1. The monoisotopic (exact) mass is 343 g/mol. The molecule has 1 aliphatic heterocycles. The van der Waals surface area contributed by atoms with E-state index < -0.39 is 0 Å². The van der Waals surface area contributed by atoms with Gasteiger partial charge in [-0.2, -0.15) is 4.99 Å². The molecule has 0 atom stereocenters. The van der Waals surface area contributed by atoms with E-state index in [2.05, 4.69) is 15.3 Å². The summed E-state index contributed by atoms with van der Waals surface area (Å²) in [5, 5.41) is 5.33. The number of benzene rings is 2. The number of para-hydroxylation sites is 2. The summed E-state index contributed by atoms with van der Waals surface area (Å²) in [6.07, 6.45) is 1.83. The predicted molar refractivity (Wildman–Crippen MR) is 101 cm³/mol. The number of rotatable bonds is 1. The maximum Gasteiger partial charge on any atom is 0.282 e. The first-order valence-corrected chi connectivity index (χ1v) is 8.59. The van der Waals surface area contributed by atoms with Crippen LogP contribution in [-0.2, 0) is 13.6 Å². The smallest absolute Gasteiger partial charge is 0.282 e. The summed E-state index contributed by atoms with van der Waals surface area (Å²) >= 11 is 0. The van der Waals surface area contributed by atoms with Gasteiger partial charge in [0.2, 0.25) is 5.62 Å². The Morgan fingerprint density at radius 2 is 1.88 bits per heavy atom. The summed E-state index contributed by atoms with van der Waals surface area (Å²) in [5.74, 6) is 0.700. The van der Waals surface area contributed by atoms with Crippen LogP contribution in [0.4, 0.5) is 5.82 Å². The van der Waals surface area contributed by atoms with Crippen LogP contribution in [0.1, 0.15) is 10.4 Å². The minimum atomic E-state index is -0.272. The number of carbonyl (C=O) groups is 1. The fourth-order valence-electron chi connectivity index (χ4n) is 3.62. The lowest BCUT2D eigenvalue weighted by Crippen LogP contribution is -2.24. The Morgan fingerprint density at radius 1 is 1.12 bits per heavy atom. The summed E-state index contributed by atoms with van der Waals surface area (Å²) in [7, 11) is 1.93. The average Bonchev–Trinajstić information content (AvgIpc) is 3.28. The van der Waals surface area contributed by atoms with E-state index in [9.17, 15) is 4.79 Å². The second-order valence-corrected chi connectivity index (χ2v) is 6.44. The van der Waals surface area contributed by atoms with E-state index in [4.69, 9.17) is 0 Å². The molecular formula is C20H17N5O. The number of hydrogen-bond donors (Lipinski definition) is 1. The molecule has 0 bridgehead atoms. The predicted octanol–water partition coefficient (Wildman–Crippen LogP) is 2.69. The lowest BCUT2D eigenvalue weighted by molar-refractivity contribution is 0.0998. The molecule has 1 N–H and O–H groups in total. The van der Waals surface area contributed by atoms with Crippen molar-refractivity contribution in [1.29, 1.82) is 0 Å². The van der Waals surface area contributed by atoms with Crippen LogP contribution in [-0.4, -0.2) is 26.6 Å². The Kier molecular flexibility index (Phi) is 3.18. The molecule has 1 aliphatic rings. The number of fused-ring (bicyclic) bond motifs is 4. The number of nitrogens with zero attached hydrogens (tertiary/aromatic N) is 4. The topological polar surface area (TPSA) is 64.2 Å². The van der Waals surface area contributed by atoms with Gasteiger partial charge < -0.3 is 9.88 Å². The standard InChI is InChI=1S/C20H17N5O/c1-24-12-15(13-6-3-5-9-17(13)24)19(26)23-20-22-16-8-4-2-7-14(16)18-21-10-11-25(18)20/h2-9,12,21H,10-11H2,1H3. The van der Waals surface area contributed by atoms with Crippen LogP contribution < -0.4 is 10.9 Å². The van der Waals surface area contributed by atoms with Gasteiger partial charge in [0, 0.05) is 42.6 Å². The molecular weight excluding hydrogens is 326 g/mol. The first-order chi connectivity index (χ1) is 12.7. The third-order valence-electron chi connectivity index (χ3n) is 4.85. The van der Waals surface area contributed by atoms with Gasteiger partial charge in [-0.05, 0) is 18.2 Å². The molecule has 1 amide bonds. The maximum absolute atomic E-state index is 12.9. The van der Waals surface area contributed by atoms with Gasteiger partial charge in [0.15, 0.2) is 0 Å². The van der Waals surface area contributed by atoms with E-state index in [0.717, 1.165) is 40.7 Å². The van der Waals surface area contributed by atoms with Gasteiger partial charge in [-0.25, -0.2) is 4.98 Å². The zero-order valence-corrected chi connectivity index (χ0v) is 14.3. The molecule has 2 aromatic carbocycles. The van der Waals surface area contributed by atoms with Gasteiger partial charge >= 0.3 is 0 Å². The maximum atomic E-state index is 12.9. The third-order valence-corrected chi connectivity index (χ3v) is 4.85. The number of aromatic nitrogens is 3. The van der Waals surface area contributed by atoms with Gasteiger partial charge in [-0.1, -0.05) is 30.3 Å². The lowest BCUT2D eigenvalue weighted by Gasteiger charge is -2.07. The highest BCUT2D eigenvalue weighted by molar-refractivity contribution is 6.07. The largest absolute Gasteiger partial charge is 0.369 e. The molecule has 2 aromatic heterocycles. The molecule has 0 spiro atoms. The van der Waals surface area contributed by atoms with E-state index >= 15 is 0 Å². The summed E-state index contributed by atoms with van der Waals surface area (Å²) in [6.45, 7) is 1.55. The van der Waals surface area contributed by atoms with E-state index in [1.165, 1.54) is 0 Å². The first-order valence-electron chi connectivity index (χ1n) is 8.59. The molecule has 0 unspecified atom stereocenters. The molecule has 4 aromatic rings. The number of anilines is 1. The van der Waals surface area contributed by atoms with Crippen molar-refractivity contribution in [1.82, 2.24) is 14.1 Å². The first kappa shape index (κ1) is 14.9. The Hall–Kier alpha value is -3.41. The highest BCUT2D eigenvalue weighted by Crippen LogP contribution is 2.23. The highest BCUT2D eigenvalue weighted by atomic mass is 16.1. The van der Waals surface area contributed by atoms with Crippen molar-refractivity contribution >= 4 is 33.5 Å². The SMILES string of the molecule is Cn1cc(C(=O)N=c2nc3ccccc3c3n2CCN3)c2ccccc21. The molecule has 128 valence electrons. The Balaban J connectivity index is 1.72. The van der Waals surface area contributed by atoms with Crippen molar-refractivity contribution in [2.75, 3.05) is 11.9 Å². The Labute approximate surface area is 149 Å². The van der Waals surface area contributed by atoms with Gasteiger partial charge in [0.25, 0.3) is 5.91 Å². The fraction of sp³-hybridized carbons (Fsp3) is 0.150. The molecule has 6 heteroatoms.